The van der Waals surface area contributed by atoms with E-state index >= 15 is 0 Å². The molecular weight excluding hydrogens is 427 g/mol. The summed E-state index contributed by atoms with van der Waals surface area (Å²) in [4.78, 5) is 4.89. The van der Waals surface area contributed by atoms with Crippen molar-refractivity contribution in [3.63, 3.8) is 0 Å². The van der Waals surface area contributed by atoms with Gasteiger partial charge in [0.15, 0.2) is 5.96 Å². The van der Waals surface area contributed by atoms with Gasteiger partial charge in [0.05, 0.1) is 5.69 Å². The van der Waals surface area contributed by atoms with Gasteiger partial charge in [-0.2, -0.15) is 0 Å². The third-order valence-corrected chi connectivity index (χ3v) is 5.49. The number of hydrogen-bond donors (Lipinski definition) is 2. The lowest BCUT2D eigenvalue weighted by atomic mass is 9.84. The molecule has 0 aromatic carbocycles. The summed E-state index contributed by atoms with van der Waals surface area (Å²) in [7, 11) is 0. The Labute approximate surface area is 169 Å². The normalized spacial score (nSPS) is 17.9. The van der Waals surface area contributed by atoms with Gasteiger partial charge in [-0.1, -0.05) is 31.8 Å². The molecule has 1 atom stereocenters. The first kappa shape index (κ1) is 22.3. The predicted molar refractivity (Wildman–Crippen MR) is 115 cm³/mol. The summed E-state index contributed by atoms with van der Waals surface area (Å²) in [5.74, 6) is 2.18. The van der Waals surface area contributed by atoms with Gasteiger partial charge in [0.2, 0.25) is 0 Å². The lowest BCUT2D eigenvalue weighted by Gasteiger charge is -2.26. The highest BCUT2D eigenvalue weighted by molar-refractivity contribution is 14.0. The summed E-state index contributed by atoms with van der Waals surface area (Å²) in [6.07, 6.45) is 6.59. The van der Waals surface area contributed by atoms with Crippen LogP contribution in [0.15, 0.2) is 9.52 Å². The van der Waals surface area contributed by atoms with Crippen molar-refractivity contribution in [1.82, 2.24) is 15.8 Å². The Kier molecular flexibility index (Phi) is 9.24. The topological polar surface area (TPSA) is 62.5 Å². The van der Waals surface area contributed by atoms with Crippen molar-refractivity contribution >= 4 is 29.9 Å². The minimum atomic E-state index is 0. The lowest BCUT2D eigenvalue weighted by Crippen LogP contribution is -2.40. The zero-order valence-corrected chi connectivity index (χ0v) is 18.8. The zero-order chi connectivity index (χ0) is 17.6. The highest BCUT2D eigenvalue weighted by atomic mass is 127. The van der Waals surface area contributed by atoms with Crippen LogP contribution in [0.5, 0.6) is 0 Å². The van der Waals surface area contributed by atoms with Gasteiger partial charge >= 0.3 is 0 Å². The van der Waals surface area contributed by atoms with Gasteiger partial charge in [0.25, 0.3) is 0 Å². The van der Waals surface area contributed by atoms with Gasteiger partial charge in [-0.05, 0) is 45.4 Å². The second kappa shape index (κ2) is 10.4. The first-order valence-electron chi connectivity index (χ1n) is 9.46. The van der Waals surface area contributed by atoms with Gasteiger partial charge in [-0.25, -0.2) is 0 Å². The Morgan fingerprint density at radius 3 is 2.44 bits per heavy atom. The van der Waals surface area contributed by atoms with E-state index < -0.39 is 0 Å². The zero-order valence-electron chi connectivity index (χ0n) is 16.4. The highest BCUT2D eigenvalue weighted by Gasteiger charge is 2.31. The van der Waals surface area contributed by atoms with Gasteiger partial charge in [0.1, 0.15) is 5.76 Å². The third-order valence-electron chi connectivity index (χ3n) is 5.49. The largest absolute Gasteiger partial charge is 0.361 e. The molecule has 1 aliphatic rings. The van der Waals surface area contributed by atoms with Gasteiger partial charge in [-0.3, -0.25) is 4.99 Å². The summed E-state index contributed by atoms with van der Waals surface area (Å²) in [5, 5.41) is 10.9. The summed E-state index contributed by atoms with van der Waals surface area (Å²) in [5.41, 5.74) is 2.62. The number of aliphatic imine (C=N–C) groups is 1. The van der Waals surface area contributed by atoms with Gasteiger partial charge in [0, 0.05) is 31.1 Å². The molecule has 5 nitrogen and oxygen atoms in total. The molecule has 0 spiro atoms. The molecule has 0 bridgehead atoms. The maximum atomic E-state index is 5.29. The first-order chi connectivity index (χ1) is 11.5. The van der Waals surface area contributed by atoms with E-state index in [1.165, 1.54) is 37.7 Å². The first-order valence-corrected chi connectivity index (χ1v) is 9.46. The fraction of sp³-hybridized carbons (Fsp3) is 0.789. The molecule has 25 heavy (non-hydrogen) atoms. The van der Waals surface area contributed by atoms with E-state index in [4.69, 9.17) is 9.52 Å². The van der Waals surface area contributed by atoms with Crippen LogP contribution in [0.25, 0.3) is 0 Å². The van der Waals surface area contributed by atoms with Gasteiger partial charge in [-0.15, -0.1) is 24.0 Å². The van der Waals surface area contributed by atoms with Crippen molar-refractivity contribution < 1.29 is 4.52 Å². The molecule has 0 radical (unpaired) electrons. The number of aromatic nitrogens is 1. The molecule has 1 saturated carbocycles. The number of rotatable bonds is 7. The SMILES string of the molecule is CCNC(=NCC1(CC)CCCC1)NCC(C)c1c(C)noc1C.I. The van der Waals surface area contributed by atoms with Crippen molar-refractivity contribution in [2.45, 2.75) is 72.6 Å². The fourth-order valence-electron chi connectivity index (χ4n) is 3.88. The van der Waals surface area contributed by atoms with Crippen molar-refractivity contribution in [2.75, 3.05) is 19.6 Å². The number of nitrogens with one attached hydrogen (secondary N) is 2. The van der Waals surface area contributed by atoms with Gasteiger partial charge < -0.3 is 15.2 Å². The van der Waals surface area contributed by atoms with E-state index in [0.717, 1.165) is 37.0 Å². The quantitative estimate of drug-likeness (QED) is 0.355. The molecule has 1 aromatic rings. The molecule has 0 saturated heterocycles. The van der Waals surface area contributed by atoms with Crippen LogP contribution in [-0.2, 0) is 0 Å². The van der Waals surface area contributed by atoms with Crippen molar-refractivity contribution in [2.24, 2.45) is 10.4 Å². The molecule has 0 aliphatic heterocycles. The maximum absolute atomic E-state index is 5.29. The lowest BCUT2D eigenvalue weighted by molar-refractivity contribution is 0.297. The minimum Gasteiger partial charge on any atom is -0.361 e. The van der Waals surface area contributed by atoms with Crippen LogP contribution in [-0.4, -0.2) is 30.8 Å². The molecule has 1 fully saturated rings. The summed E-state index contributed by atoms with van der Waals surface area (Å²) < 4.78 is 5.29. The van der Waals surface area contributed by atoms with Crippen molar-refractivity contribution in [3.8, 4) is 0 Å². The average molecular weight is 462 g/mol. The second-order valence-electron chi connectivity index (χ2n) is 7.28. The van der Waals surface area contributed by atoms with Crippen LogP contribution in [0.4, 0.5) is 0 Å². The monoisotopic (exact) mass is 462 g/mol. The number of halogens is 1. The molecule has 1 heterocycles. The Morgan fingerprint density at radius 2 is 1.92 bits per heavy atom. The fourth-order valence-corrected chi connectivity index (χ4v) is 3.88. The minimum absolute atomic E-state index is 0. The van der Waals surface area contributed by atoms with E-state index in [-0.39, 0.29) is 24.0 Å². The molecule has 144 valence electrons. The van der Waals surface area contributed by atoms with Crippen LogP contribution < -0.4 is 10.6 Å². The van der Waals surface area contributed by atoms with Crippen LogP contribution >= 0.6 is 24.0 Å². The van der Waals surface area contributed by atoms with Crippen molar-refractivity contribution in [1.29, 1.82) is 0 Å². The molecule has 6 heteroatoms. The van der Waals surface area contributed by atoms with E-state index in [9.17, 15) is 0 Å². The van der Waals surface area contributed by atoms with Crippen molar-refractivity contribution in [3.05, 3.63) is 17.0 Å². The summed E-state index contributed by atoms with van der Waals surface area (Å²) >= 11 is 0. The Balaban J connectivity index is 0.00000312. The number of guanidine groups is 1. The van der Waals surface area contributed by atoms with E-state index in [0.29, 0.717) is 11.3 Å². The smallest absolute Gasteiger partial charge is 0.191 e. The molecule has 1 aliphatic carbocycles. The Morgan fingerprint density at radius 1 is 1.24 bits per heavy atom. The molecule has 0 amide bonds. The predicted octanol–water partition coefficient (Wildman–Crippen LogP) is 4.54. The molecular formula is C19H35IN4O. The number of hydrogen-bond acceptors (Lipinski definition) is 3. The standard InChI is InChI=1S/C19H34N4O.HI/c1-6-19(10-8-9-11-19)13-22-18(20-7-2)21-12-14(3)17-15(4)23-24-16(17)5;/h14H,6-13H2,1-5H3,(H2,20,21,22);1H. The number of aryl methyl sites for hydroxylation is 2. The molecule has 1 unspecified atom stereocenters. The Hall–Kier alpha value is -0.790. The van der Waals surface area contributed by atoms with E-state index in [1.807, 2.05) is 13.8 Å². The summed E-state index contributed by atoms with van der Waals surface area (Å²) in [6, 6.07) is 0. The van der Waals surface area contributed by atoms with Crippen LogP contribution in [0, 0.1) is 19.3 Å². The third kappa shape index (κ3) is 5.86. The summed E-state index contributed by atoms with van der Waals surface area (Å²) in [6.45, 7) is 13.2. The van der Waals surface area contributed by atoms with Crippen LogP contribution in [0.1, 0.15) is 75.8 Å². The number of nitrogens with zero attached hydrogens (tertiary/aromatic N) is 2. The average Bonchev–Trinajstić information content (AvgIpc) is 3.17. The molecule has 2 rings (SSSR count). The highest BCUT2D eigenvalue weighted by Crippen LogP contribution is 2.41. The van der Waals surface area contributed by atoms with E-state index in [1.54, 1.807) is 0 Å². The maximum Gasteiger partial charge on any atom is 0.191 e. The molecule has 1 aromatic heterocycles. The second-order valence-corrected chi connectivity index (χ2v) is 7.28. The molecule has 2 N–H and O–H groups in total. The van der Waals surface area contributed by atoms with Crippen LogP contribution in [0.2, 0.25) is 0 Å². The van der Waals surface area contributed by atoms with E-state index in [2.05, 4.69) is 36.6 Å². The van der Waals surface area contributed by atoms with Crippen LogP contribution in [0.3, 0.4) is 0 Å². The Bertz CT molecular complexity index is 530.